The Labute approximate surface area is 89.9 Å². The Morgan fingerprint density at radius 3 is 3.00 bits per heavy atom. The second-order valence-corrected chi connectivity index (χ2v) is 3.58. The van der Waals surface area contributed by atoms with Crippen LogP contribution < -0.4 is 0 Å². The molecule has 1 heterocycles. The third kappa shape index (κ3) is 2.56. The number of ether oxygens (including phenoxy) is 1. The molecule has 77 valence electrons. The SMILES string of the molecule is N#Cc1c[c]ccc1CN1CCOCC1. The van der Waals surface area contributed by atoms with Gasteiger partial charge in [-0.25, -0.2) is 0 Å². The molecule has 2 rings (SSSR count). The van der Waals surface area contributed by atoms with E-state index in [-0.39, 0.29) is 0 Å². The van der Waals surface area contributed by atoms with Gasteiger partial charge in [0.25, 0.3) is 0 Å². The van der Waals surface area contributed by atoms with E-state index in [1.807, 2.05) is 12.1 Å². The highest BCUT2D eigenvalue weighted by atomic mass is 16.5. The first kappa shape index (κ1) is 10.2. The maximum Gasteiger partial charge on any atom is 0.0995 e. The van der Waals surface area contributed by atoms with Gasteiger partial charge in [-0.3, -0.25) is 4.90 Å². The zero-order valence-corrected chi connectivity index (χ0v) is 8.57. The molecule has 0 atom stereocenters. The predicted octanol–water partition coefficient (Wildman–Crippen LogP) is 1.19. The van der Waals surface area contributed by atoms with Crippen molar-refractivity contribution in [3.63, 3.8) is 0 Å². The molecule has 0 amide bonds. The van der Waals surface area contributed by atoms with Crippen LogP contribution in [0.2, 0.25) is 0 Å². The zero-order chi connectivity index (χ0) is 10.5. The Balaban J connectivity index is 2.06. The van der Waals surface area contributed by atoms with E-state index in [4.69, 9.17) is 10.00 Å². The van der Waals surface area contributed by atoms with E-state index in [1.54, 1.807) is 6.07 Å². The number of hydrogen-bond acceptors (Lipinski definition) is 3. The second kappa shape index (κ2) is 4.92. The summed E-state index contributed by atoms with van der Waals surface area (Å²) in [5.74, 6) is 0. The molecule has 1 aliphatic heterocycles. The van der Waals surface area contributed by atoms with E-state index >= 15 is 0 Å². The highest BCUT2D eigenvalue weighted by Gasteiger charge is 2.12. The molecule has 1 aromatic carbocycles. The van der Waals surface area contributed by atoms with E-state index in [9.17, 15) is 0 Å². The Morgan fingerprint density at radius 2 is 2.27 bits per heavy atom. The van der Waals surface area contributed by atoms with Gasteiger partial charge in [0, 0.05) is 19.6 Å². The summed E-state index contributed by atoms with van der Waals surface area (Å²) in [5.41, 5.74) is 1.81. The minimum Gasteiger partial charge on any atom is -0.379 e. The number of nitriles is 1. The van der Waals surface area contributed by atoms with Crippen LogP contribution in [0, 0.1) is 17.4 Å². The Bertz CT molecular complexity index is 364. The second-order valence-electron chi connectivity index (χ2n) is 3.58. The number of morpholine rings is 1. The fraction of sp³-hybridized carbons (Fsp3) is 0.417. The average molecular weight is 201 g/mol. The largest absolute Gasteiger partial charge is 0.379 e. The van der Waals surface area contributed by atoms with Crippen LogP contribution in [0.5, 0.6) is 0 Å². The van der Waals surface area contributed by atoms with Crippen molar-refractivity contribution in [1.82, 2.24) is 4.90 Å². The maximum absolute atomic E-state index is 8.93. The van der Waals surface area contributed by atoms with Gasteiger partial charge in [-0.2, -0.15) is 5.26 Å². The van der Waals surface area contributed by atoms with Gasteiger partial charge in [0.2, 0.25) is 0 Å². The van der Waals surface area contributed by atoms with Crippen molar-refractivity contribution in [2.45, 2.75) is 6.54 Å². The molecule has 1 radical (unpaired) electrons. The molecule has 15 heavy (non-hydrogen) atoms. The molecule has 0 N–H and O–H groups in total. The molecule has 1 aliphatic rings. The number of hydrogen-bond donors (Lipinski definition) is 0. The van der Waals surface area contributed by atoms with Crippen molar-refractivity contribution in [3.8, 4) is 6.07 Å². The minimum absolute atomic E-state index is 0.726. The third-order valence-electron chi connectivity index (χ3n) is 2.57. The standard InChI is InChI=1S/C12H13N2O/c13-9-11-3-1-2-4-12(11)10-14-5-7-15-8-6-14/h2-4H,5-8,10H2. The van der Waals surface area contributed by atoms with Crippen molar-refractivity contribution in [1.29, 1.82) is 5.26 Å². The smallest absolute Gasteiger partial charge is 0.0995 e. The molecule has 1 saturated heterocycles. The molecule has 1 aromatic rings. The van der Waals surface area contributed by atoms with Crippen molar-refractivity contribution in [3.05, 3.63) is 35.4 Å². The summed E-state index contributed by atoms with van der Waals surface area (Å²) in [4.78, 5) is 2.31. The van der Waals surface area contributed by atoms with Crippen molar-refractivity contribution >= 4 is 0 Å². The lowest BCUT2D eigenvalue weighted by Crippen LogP contribution is -2.35. The lowest BCUT2D eigenvalue weighted by molar-refractivity contribution is 0.0341. The topological polar surface area (TPSA) is 36.3 Å². The minimum atomic E-state index is 0.726. The van der Waals surface area contributed by atoms with E-state index in [1.165, 1.54) is 0 Å². The van der Waals surface area contributed by atoms with Crippen LogP contribution in [0.25, 0.3) is 0 Å². The Kier molecular flexibility index (Phi) is 3.33. The Morgan fingerprint density at radius 1 is 1.47 bits per heavy atom. The van der Waals surface area contributed by atoms with Crippen LogP contribution >= 0.6 is 0 Å². The fourth-order valence-electron chi connectivity index (χ4n) is 1.70. The molecular weight excluding hydrogens is 188 g/mol. The summed E-state index contributed by atoms with van der Waals surface area (Å²) in [6.07, 6.45) is 0. The van der Waals surface area contributed by atoms with E-state index in [0.29, 0.717) is 0 Å². The van der Waals surface area contributed by atoms with Crippen LogP contribution in [-0.4, -0.2) is 31.2 Å². The number of benzene rings is 1. The molecule has 3 nitrogen and oxygen atoms in total. The summed E-state index contributed by atoms with van der Waals surface area (Å²) in [6, 6.07) is 10.7. The third-order valence-corrected chi connectivity index (χ3v) is 2.57. The van der Waals surface area contributed by atoms with Gasteiger partial charge in [0.05, 0.1) is 24.8 Å². The van der Waals surface area contributed by atoms with Gasteiger partial charge in [-0.15, -0.1) is 0 Å². The molecule has 0 aliphatic carbocycles. The molecule has 0 saturated carbocycles. The summed E-state index contributed by atoms with van der Waals surface area (Å²) >= 11 is 0. The maximum atomic E-state index is 8.93. The summed E-state index contributed by atoms with van der Waals surface area (Å²) in [6.45, 7) is 4.32. The number of rotatable bonds is 2. The van der Waals surface area contributed by atoms with Crippen LogP contribution in [0.3, 0.4) is 0 Å². The van der Waals surface area contributed by atoms with Crippen LogP contribution in [0.15, 0.2) is 18.2 Å². The molecule has 1 fully saturated rings. The Hall–Kier alpha value is -1.37. The lowest BCUT2D eigenvalue weighted by atomic mass is 10.1. The fourth-order valence-corrected chi connectivity index (χ4v) is 1.70. The zero-order valence-electron chi connectivity index (χ0n) is 8.57. The monoisotopic (exact) mass is 201 g/mol. The van der Waals surface area contributed by atoms with Crippen LogP contribution in [0.1, 0.15) is 11.1 Å². The van der Waals surface area contributed by atoms with Crippen LogP contribution in [0.4, 0.5) is 0 Å². The highest BCUT2D eigenvalue weighted by Crippen LogP contribution is 2.11. The molecule has 0 bridgehead atoms. The van der Waals surface area contributed by atoms with E-state index in [2.05, 4.69) is 17.0 Å². The van der Waals surface area contributed by atoms with Crippen LogP contribution in [-0.2, 0) is 11.3 Å². The molecule has 0 aromatic heterocycles. The molecule has 0 unspecified atom stereocenters. The molecule has 3 heteroatoms. The first-order chi connectivity index (χ1) is 7.40. The van der Waals surface area contributed by atoms with E-state index in [0.717, 1.165) is 44.0 Å². The highest BCUT2D eigenvalue weighted by molar-refractivity contribution is 5.36. The summed E-state index contributed by atoms with van der Waals surface area (Å²) in [7, 11) is 0. The first-order valence-corrected chi connectivity index (χ1v) is 5.09. The molecule has 0 spiro atoms. The summed E-state index contributed by atoms with van der Waals surface area (Å²) < 4.78 is 5.28. The lowest BCUT2D eigenvalue weighted by Gasteiger charge is -2.26. The number of nitrogens with zero attached hydrogens (tertiary/aromatic N) is 2. The van der Waals surface area contributed by atoms with E-state index < -0.39 is 0 Å². The molecular formula is C12H13N2O. The van der Waals surface area contributed by atoms with Crippen molar-refractivity contribution in [2.24, 2.45) is 0 Å². The quantitative estimate of drug-likeness (QED) is 0.721. The van der Waals surface area contributed by atoms with Gasteiger partial charge >= 0.3 is 0 Å². The van der Waals surface area contributed by atoms with Crippen molar-refractivity contribution < 1.29 is 4.74 Å². The average Bonchev–Trinajstić information content (AvgIpc) is 2.31. The first-order valence-electron chi connectivity index (χ1n) is 5.09. The van der Waals surface area contributed by atoms with Gasteiger partial charge in [0.15, 0.2) is 0 Å². The van der Waals surface area contributed by atoms with Gasteiger partial charge in [0.1, 0.15) is 0 Å². The van der Waals surface area contributed by atoms with Crippen molar-refractivity contribution in [2.75, 3.05) is 26.3 Å². The van der Waals surface area contributed by atoms with Gasteiger partial charge < -0.3 is 4.74 Å². The van der Waals surface area contributed by atoms with Gasteiger partial charge in [-0.1, -0.05) is 12.1 Å². The normalized spacial score (nSPS) is 17.3. The van der Waals surface area contributed by atoms with Gasteiger partial charge in [-0.05, 0) is 17.7 Å². The predicted molar refractivity (Wildman–Crippen MR) is 56.1 cm³/mol. The summed E-state index contributed by atoms with van der Waals surface area (Å²) in [5, 5.41) is 8.93.